The Kier molecular flexibility index (Phi) is 6.82. The maximum Gasteiger partial charge on any atom is 0.302 e. The summed E-state index contributed by atoms with van der Waals surface area (Å²) in [5.41, 5.74) is 0. The molecule has 1 N–H and O–H groups in total. The second-order valence-corrected chi connectivity index (χ2v) is 13.2. The van der Waals surface area contributed by atoms with Crippen LogP contribution in [0.1, 0.15) is 41.0 Å². The summed E-state index contributed by atoms with van der Waals surface area (Å²) in [5.74, 6) is -0.365. The van der Waals surface area contributed by atoms with Crippen LogP contribution >= 0.6 is 0 Å². The highest BCUT2D eigenvalue weighted by molar-refractivity contribution is 6.99. The Labute approximate surface area is 180 Å². The van der Waals surface area contributed by atoms with E-state index in [4.69, 9.17) is 13.9 Å². The van der Waals surface area contributed by atoms with Gasteiger partial charge in [0.15, 0.2) is 6.29 Å². The molecule has 0 aromatic heterocycles. The van der Waals surface area contributed by atoms with Crippen molar-refractivity contribution in [2.45, 2.75) is 70.7 Å². The zero-order chi connectivity index (χ0) is 21.9. The standard InChI is InChI=1S/C24H32O5Si/c1-17-21(28-18(2)25)16-22(23(26)27-17)29-30(24(3,4)5,19-12-8-6-9-13-19)20-14-10-7-11-15-20/h6-15,17,21-23,26H,16H2,1-5H3/t17-,21+,22+,23+/m1/s1. The third kappa shape index (κ3) is 4.52. The fourth-order valence-electron chi connectivity index (χ4n) is 4.31. The van der Waals surface area contributed by atoms with Crippen molar-refractivity contribution in [3.8, 4) is 0 Å². The predicted molar refractivity (Wildman–Crippen MR) is 119 cm³/mol. The molecule has 0 spiro atoms. The van der Waals surface area contributed by atoms with Gasteiger partial charge in [-0.25, -0.2) is 0 Å². The average molecular weight is 429 g/mol. The van der Waals surface area contributed by atoms with Crippen LogP contribution in [0.25, 0.3) is 0 Å². The third-order valence-corrected chi connectivity index (χ3v) is 10.8. The molecule has 5 nitrogen and oxygen atoms in total. The lowest BCUT2D eigenvalue weighted by molar-refractivity contribution is -0.241. The van der Waals surface area contributed by atoms with E-state index in [1.54, 1.807) is 6.92 Å². The number of benzene rings is 2. The van der Waals surface area contributed by atoms with Gasteiger partial charge in [-0.05, 0) is 22.3 Å². The fourth-order valence-corrected chi connectivity index (χ4v) is 9.00. The fraction of sp³-hybridized carbons (Fsp3) is 0.458. The lowest BCUT2D eigenvalue weighted by atomic mass is 10.0. The molecule has 4 atom stereocenters. The van der Waals surface area contributed by atoms with Gasteiger partial charge in [-0.2, -0.15) is 0 Å². The summed E-state index contributed by atoms with van der Waals surface area (Å²) in [6.45, 7) is 9.73. The Morgan fingerprint density at radius 1 is 1.00 bits per heavy atom. The van der Waals surface area contributed by atoms with Gasteiger partial charge < -0.3 is 19.0 Å². The summed E-state index contributed by atoms with van der Waals surface area (Å²) in [7, 11) is -2.85. The van der Waals surface area contributed by atoms with Gasteiger partial charge >= 0.3 is 5.97 Å². The highest BCUT2D eigenvalue weighted by atomic mass is 28.4. The Bertz CT molecular complexity index is 794. The third-order valence-electron chi connectivity index (χ3n) is 5.72. The van der Waals surface area contributed by atoms with Crippen LogP contribution in [0.3, 0.4) is 0 Å². The summed E-state index contributed by atoms with van der Waals surface area (Å²) >= 11 is 0. The minimum atomic E-state index is -2.85. The van der Waals surface area contributed by atoms with Crippen LogP contribution in [0.4, 0.5) is 0 Å². The van der Waals surface area contributed by atoms with Crippen LogP contribution < -0.4 is 10.4 Å². The first kappa shape index (κ1) is 22.7. The summed E-state index contributed by atoms with van der Waals surface area (Å²) in [4.78, 5) is 11.6. The van der Waals surface area contributed by atoms with Gasteiger partial charge in [0.05, 0.1) is 6.10 Å². The molecule has 1 aliphatic rings. The summed E-state index contributed by atoms with van der Waals surface area (Å²) in [6.07, 6.45) is -2.19. The van der Waals surface area contributed by atoms with Crippen molar-refractivity contribution in [2.24, 2.45) is 0 Å². The normalized spacial score (nSPS) is 25.0. The zero-order valence-corrected chi connectivity index (χ0v) is 19.4. The number of rotatable bonds is 5. The maximum atomic E-state index is 11.6. The first-order valence-electron chi connectivity index (χ1n) is 10.4. The molecule has 6 heteroatoms. The van der Waals surface area contributed by atoms with E-state index in [-0.39, 0.29) is 11.0 Å². The number of carbonyl (C=O) groups is 1. The van der Waals surface area contributed by atoms with Crippen molar-refractivity contribution in [3.05, 3.63) is 60.7 Å². The number of aliphatic hydroxyl groups excluding tert-OH is 1. The zero-order valence-electron chi connectivity index (χ0n) is 18.4. The van der Waals surface area contributed by atoms with Gasteiger partial charge in [0.25, 0.3) is 8.32 Å². The first-order chi connectivity index (χ1) is 14.1. The van der Waals surface area contributed by atoms with E-state index in [0.29, 0.717) is 6.42 Å². The van der Waals surface area contributed by atoms with Gasteiger partial charge in [-0.3, -0.25) is 4.79 Å². The molecule has 0 saturated carbocycles. The monoisotopic (exact) mass is 428 g/mol. The Hall–Kier alpha value is -1.99. The maximum absolute atomic E-state index is 11.6. The molecule has 0 amide bonds. The van der Waals surface area contributed by atoms with Crippen LogP contribution in [0.15, 0.2) is 60.7 Å². The molecule has 0 unspecified atom stereocenters. The molecule has 0 radical (unpaired) electrons. The molecule has 1 aliphatic heterocycles. The van der Waals surface area contributed by atoms with E-state index in [2.05, 4.69) is 45.0 Å². The number of ether oxygens (including phenoxy) is 2. The number of aliphatic hydroxyl groups is 1. The molecule has 1 heterocycles. The van der Waals surface area contributed by atoms with Crippen LogP contribution in [0, 0.1) is 0 Å². The number of hydrogen-bond acceptors (Lipinski definition) is 5. The molecule has 2 aromatic carbocycles. The van der Waals surface area contributed by atoms with Crippen molar-refractivity contribution < 1.29 is 23.8 Å². The molecule has 3 rings (SSSR count). The molecule has 2 aromatic rings. The Morgan fingerprint density at radius 2 is 1.50 bits per heavy atom. The summed E-state index contributed by atoms with van der Waals surface area (Å²) in [6, 6.07) is 20.5. The predicted octanol–water partition coefficient (Wildman–Crippen LogP) is 2.99. The number of esters is 1. The van der Waals surface area contributed by atoms with E-state index in [9.17, 15) is 9.90 Å². The smallest absolute Gasteiger partial charge is 0.302 e. The quantitative estimate of drug-likeness (QED) is 0.586. The SMILES string of the molecule is CC(=O)O[C@H]1C[C@H](O[Si](c2ccccc2)(c2ccccc2)C(C)(C)C)[C@@H](O)O[C@@H]1C. The van der Waals surface area contributed by atoms with Gasteiger partial charge in [0.1, 0.15) is 12.2 Å². The Balaban J connectivity index is 2.08. The molecule has 1 saturated heterocycles. The van der Waals surface area contributed by atoms with Crippen LogP contribution in [-0.2, 0) is 18.7 Å². The molecule has 30 heavy (non-hydrogen) atoms. The molecular formula is C24H32O5Si. The highest BCUT2D eigenvalue weighted by Crippen LogP contribution is 2.39. The van der Waals surface area contributed by atoms with Gasteiger partial charge in [0, 0.05) is 13.3 Å². The first-order valence-corrected chi connectivity index (χ1v) is 12.4. The topological polar surface area (TPSA) is 65.0 Å². The van der Waals surface area contributed by atoms with Crippen LogP contribution in [0.5, 0.6) is 0 Å². The lowest BCUT2D eigenvalue weighted by Gasteiger charge is -2.48. The number of hydrogen-bond donors (Lipinski definition) is 1. The van der Waals surface area contributed by atoms with Crippen LogP contribution in [-0.4, -0.2) is 44.0 Å². The van der Waals surface area contributed by atoms with E-state index in [0.717, 1.165) is 10.4 Å². The molecular weight excluding hydrogens is 396 g/mol. The largest absolute Gasteiger partial charge is 0.460 e. The van der Waals surface area contributed by atoms with E-state index in [1.807, 2.05) is 36.4 Å². The van der Waals surface area contributed by atoms with Gasteiger partial charge in [-0.15, -0.1) is 0 Å². The molecule has 0 aliphatic carbocycles. The van der Waals surface area contributed by atoms with E-state index >= 15 is 0 Å². The Morgan fingerprint density at radius 3 is 1.93 bits per heavy atom. The van der Waals surface area contributed by atoms with Crippen molar-refractivity contribution in [2.75, 3.05) is 0 Å². The second kappa shape index (κ2) is 9.02. The van der Waals surface area contributed by atoms with Gasteiger partial charge in [-0.1, -0.05) is 81.4 Å². The van der Waals surface area contributed by atoms with E-state index < -0.39 is 32.9 Å². The highest BCUT2D eigenvalue weighted by Gasteiger charge is 2.53. The average Bonchev–Trinajstić information content (AvgIpc) is 2.69. The van der Waals surface area contributed by atoms with Gasteiger partial charge in [0.2, 0.25) is 0 Å². The number of carbonyl (C=O) groups excluding carboxylic acids is 1. The minimum Gasteiger partial charge on any atom is -0.460 e. The lowest BCUT2D eigenvalue weighted by Crippen LogP contribution is -2.69. The van der Waals surface area contributed by atoms with Crippen molar-refractivity contribution in [3.63, 3.8) is 0 Å². The molecule has 0 bridgehead atoms. The molecule has 162 valence electrons. The van der Waals surface area contributed by atoms with E-state index in [1.165, 1.54) is 6.92 Å². The molecule has 1 fully saturated rings. The van der Waals surface area contributed by atoms with Crippen molar-refractivity contribution in [1.29, 1.82) is 0 Å². The van der Waals surface area contributed by atoms with Crippen LogP contribution in [0.2, 0.25) is 5.04 Å². The van der Waals surface area contributed by atoms with Crippen molar-refractivity contribution >= 4 is 24.7 Å². The summed E-state index contributed by atoms with van der Waals surface area (Å²) in [5, 5.41) is 12.8. The summed E-state index contributed by atoms with van der Waals surface area (Å²) < 4.78 is 18.1. The second-order valence-electron chi connectivity index (χ2n) is 8.93. The minimum absolute atomic E-state index is 0.227. The van der Waals surface area contributed by atoms with Crippen molar-refractivity contribution in [1.82, 2.24) is 0 Å².